The molecule has 5 heteroatoms. The van der Waals surface area contributed by atoms with Crippen LogP contribution in [0.25, 0.3) is 0 Å². The Morgan fingerprint density at radius 2 is 1.83 bits per heavy atom. The minimum Gasteiger partial charge on any atom is -0.294 e. The van der Waals surface area contributed by atoms with Crippen molar-refractivity contribution < 1.29 is 13.3 Å². The number of hydrogen-bond acceptors (Lipinski definition) is 1. The van der Waals surface area contributed by atoms with Gasteiger partial charge in [0.15, 0.2) is 9.81 Å². The molecule has 0 atom stereocenters. The predicted octanol–water partition coefficient (Wildman–Crippen LogP) is 0.994. The highest BCUT2D eigenvalue weighted by Gasteiger charge is 2.27. The molecule has 0 saturated carbocycles. The number of hydrogen-bond donors (Lipinski definition) is 3. The lowest BCUT2D eigenvalue weighted by Gasteiger charge is -2.26. The number of benzene rings is 1. The Labute approximate surface area is 70.6 Å². The minimum absolute atomic E-state index is 0.130. The average Bonchev–Trinajstić information content (AvgIpc) is 1.84. The molecular formula is C7H11NO3S. The van der Waals surface area contributed by atoms with Crippen molar-refractivity contribution in [2.45, 2.75) is 11.8 Å². The molecule has 1 aromatic rings. The van der Waals surface area contributed by atoms with Gasteiger partial charge in [0.2, 0.25) is 0 Å². The second kappa shape index (κ2) is 2.37. The van der Waals surface area contributed by atoms with E-state index in [0.29, 0.717) is 5.56 Å². The van der Waals surface area contributed by atoms with Crippen molar-refractivity contribution in [2.75, 3.05) is 0 Å². The lowest BCUT2D eigenvalue weighted by Crippen LogP contribution is -2.41. The van der Waals surface area contributed by atoms with Gasteiger partial charge in [0.1, 0.15) is 0 Å². The van der Waals surface area contributed by atoms with Crippen LogP contribution in [-0.2, 0) is 9.81 Å². The van der Waals surface area contributed by atoms with Crippen molar-refractivity contribution in [3.05, 3.63) is 29.8 Å². The van der Waals surface area contributed by atoms with E-state index in [2.05, 4.69) is 0 Å². The maximum absolute atomic E-state index is 11.1. The van der Waals surface area contributed by atoms with Gasteiger partial charge in [-0.2, -0.15) is 0 Å². The van der Waals surface area contributed by atoms with Gasteiger partial charge in [-0.05, 0) is 18.6 Å². The Balaban J connectivity index is 3.41. The molecule has 0 radical (unpaired) electrons. The molecule has 0 aliphatic rings. The molecule has 0 aliphatic heterocycles. The van der Waals surface area contributed by atoms with E-state index in [1.165, 1.54) is 12.1 Å². The highest BCUT2D eigenvalue weighted by atomic mass is 32.3. The molecule has 68 valence electrons. The Morgan fingerprint density at radius 1 is 1.33 bits per heavy atom. The van der Waals surface area contributed by atoms with Gasteiger partial charge in [-0.3, -0.25) is 9.11 Å². The summed E-state index contributed by atoms with van der Waals surface area (Å²) >= 11 is 0. The zero-order valence-electron chi connectivity index (χ0n) is 6.60. The van der Waals surface area contributed by atoms with Crippen molar-refractivity contribution >= 4 is 9.81 Å². The summed E-state index contributed by atoms with van der Waals surface area (Å²) in [5, 5.41) is 4.86. The van der Waals surface area contributed by atoms with Crippen LogP contribution in [0.1, 0.15) is 5.56 Å². The minimum atomic E-state index is -5.05. The summed E-state index contributed by atoms with van der Waals surface area (Å²) in [6.07, 6.45) is 0. The van der Waals surface area contributed by atoms with Crippen LogP contribution in [-0.4, -0.2) is 13.3 Å². The van der Waals surface area contributed by atoms with Crippen molar-refractivity contribution in [1.29, 1.82) is 0 Å². The van der Waals surface area contributed by atoms with Gasteiger partial charge in [0.25, 0.3) is 0 Å². The van der Waals surface area contributed by atoms with Gasteiger partial charge >= 0.3 is 0 Å². The lowest BCUT2D eigenvalue weighted by molar-refractivity contribution is 0.391. The molecule has 1 aromatic carbocycles. The van der Waals surface area contributed by atoms with Gasteiger partial charge in [-0.15, -0.1) is 0 Å². The molecule has 4 N–H and O–H groups in total. The summed E-state index contributed by atoms with van der Waals surface area (Å²) in [5.41, 5.74) is 0.488. The van der Waals surface area contributed by atoms with Gasteiger partial charge in [0, 0.05) is 0 Å². The van der Waals surface area contributed by atoms with Crippen LogP contribution in [0.15, 0.2) is 29.2 Å². The van der Waals surface area contributed by atoms with Gasteiger partial charge < -0.3 is 0 Å². The fraction of sp³-hybridized carbons (Fsp3) is 0.143. The van der Waals surface area contributed by atoms with E-state index in [1.54, 1.807) is 19.1 Å². The summed E-state index contributed by atoms with van der Waals surface area (Å²) in [6.45, 7) is 1.60. The van der Waals surface area contributed by atoms with Gasteiger partial charge in [0.05, 0.1) is 4.90 Å². The SMILES string of the molecule is Cc1ccccc1S(N)(=O)(O)O. The van der Waals surface area contributed by atoms with E-state index >= 15 is 0 Å². The molecular weight excluding hydrogens is 178 g/mol. The van der Waals surface area contributed by atoms with E-state index in [1.807, 2.05) is 0 Å². The van der Waals surface area contributed by atoms with E-state index in [9.17, 15) is 4.21 Å². The molecule has 0 saturated heterocycles. The Hall–Kier alpha value is -0.750. The fourth-order valence-corrected chi connectivity index (χ4v) is 1.99. The lowest BCUT2D eigenvalue weighted by atomic mass is 10.2. The van der Waals surface area contributed by atoms with Gasteiger partial charge in [-0.25, -0.2) is 9.35 Å². The molecule has 0 bridgehead atoms. The average molecular weight is 189 g/mol. The second-order valence-corrected chi connectivity index (χ2v) is 4.97. The first-order chi connectivity index (χ1) is 5.27. The third-order valence-corrected chi connectivity index (χ3v) is 2.79. The van der Waals surface area contributed by atoms with Crippen LogP contribution < -0.4 is 5.14 Å². The second-order valence-electron chi connectivity index (χ2n) is 2.69. The topological polar surface area (TPSA) is 83.6 Å². The summed E-state index contributed by atoms with van der Waals surface area (Å²) in [4.78, 5) is -0.130. The van der Waals surface area contributed by atoms with Crippen molar-refractivity contribution in [3.63, 3.8) is 0 Å². The third-order valence-electron chi connectivity index (χ3n) is 1.51. The molecule has 0 fully saturated rings. The van der Waals surface area contributed by atoms with Crippen LogP contribution in [0, 0.1) is 6.92 Å². The fourth-order valence-electron chi connectivity index (χ4n) is 0.987. The molecule has 0 aromatic heterocycles. The maximum atomic E-state index is 11.1. The summed E-state index contributed by atoms with van der Waals surface area (Å²) in [7, 11) is -5.05. The summed E-state index contributed by atoms with van der Waals surface area (Å²) in [5.74, 6) is 0. The molecule has 0 spiro atoms. The normalized spacial score (nSPS) is 15.2. The molecule has 0 aliphatic carbocycles. The molecule has 12 heavy (non-hydrogen) atoms. The van der Waals surface area contributed by atoms with Crippen molar-refractivity contribution in [3.8, 4) is 0 Å². The van der Waals surface area contributed by atoms with Crippen LogP contribution in [0.5, 0.6) is 0 Å². The standard InChI is InChI=1S/C7H11NO3S/c1-6-4-2-3-5-7(6)12(8,9,10)11/h2-5H,1H3,(H4,8,9,10,11). The zero-order chi connectivity index (χ0) is 9.43. The number of nitrogens with two attached hydrogens (primary N) is 1. The summed E-state index contributed by atoms with van der Waals surface area (Å²) in [6, 6.07) is 6.15. The van der Waals surface area contributed by atoms with Crippen molar-refractivity contribution in [1.82, 2.24) is 0 Å². The molecule has 1 rings (SSSR count). The molecule has 0 unspecified atom stereocenters. The van der Waals surface area contributed by atoms with Crippen molar-refractivity contribution in [2.24, 2.45) is 5.14 Å². The third kappa shape index (κ3) is 1.89. The highest BCUT2D eigenvalue weighted by molar-refractivity contribution is 8.08. The van der Waals surface area contributed by atoms with E-state index < -0.39 is 9.81 Å². The quantitative estimate of drug-likeness (QED) is 0.616. The molecule has 0 amide bonds. The monoisotopic (exact) mass is 189 g/mol. The number of rotatable bonds is 1. The maximum Gasteiger partial charge on any atom is 0.162 e. The number of aryl methyl sites for hydroxylation is 1. The van der Waals surface area contributed by atoms with Gasteiger partial charge in [-0.1, -0.05) is 18.2 Å². The highest BCUT2D eigenvalue weighted by Crippen LogP contribution is 2.24. The first kappa shape index (κ1) is 9.34. The smallest absolute Gasteiger partial charge is 0.162 e. The largest absolute Gasteiger partial charge is 0.294 e. The molecule has 0 heterocycles. The first-order valence-electron chi connectivity index (χ1n) is 3.30. The Bertz CT molecular complexity index is 358. The summed E-state index contributed by atoms with van der Waals surface area (Å²) < 4.78 is 29.1. The Kier molecular flexibility index (Phi) is 1.84. The van der Waals surface area contributed by atoms with E-state index in [-0.39, 0.29) is 4.90 Å². The predicted molar refractivity (Wildman–Crippen MR) is 47.0 cm³/mol. The van der Waals surface area contributed by atoms with Crippen LogP contribution >= 0.6 is 0 Å². The van der Waals surface area contributed by atoms with E-state index in [4.69, 9.17) is 14.2 Å². The first-order valence-corrected chi connectivity index (χ1v) is 5.24. The Morgan fingerprint density at radius 3 is 2.17 bits per heavy atom. The van der Waals surface area contributed by atoms with Crippen LogP contribution in [0.3, 0.4) is 0 Å². The molecule has 4 nitrogen and oxygen atoms in total. The zero-order valence-corrected chi connectivity index (χ0v) is 7.41. The van der Waals surface area contributed by atoms with Crippen LogP contribution in [0.4, 0.5) is 0 Å². The van der Waals surface area contributed by atoms with Crippen LogP contribution in [0.2, 0.25) is 0 Å². The van der Waals surface area contributed by atoms with E-state index in [0.717, 1.165) is 0 Å².